The molecule has 0 unspecified atom stereocenters. The Morgan fingerprint density at radius 1 is 1.09 bits per heavy atom. The predicted octanol–water partition coefficient (Wildman–Crippen LogP) is 7.03. The van der Waals surface area contributed by atoms with Gasteiger partial charge in [-0.25, -0.2) is 4.98 Å². The number of aromatic hydroxyl groups is 1. The van der Waals surface area contributed by atoms with Gasteiger partial charge in [-0.15, -0.1) is 5.92 Å². The second-order valence-electron chi connectivity index (χ2n) is 13.2. The maximum atomic E-state index is 11.1. The van der Waals surface area contributed by atoms with Crippen molar-refractivity contribution in [3.63, 3.8) is 0 Å². The molecule has 242 valence electrons. The van der Waals surface area contributed by atoms with Crippen LogP contribution in [-0.4, -0.2) is 44.1 Å². The molecule has 6 N–H and O–H groups in total. The lowest BCUT2D eigenvalue weighted by Crippen LogP contribution is -2.32. The number of phenolic OH excluding ortho intramolecular Hbond substituents is 1. The molecule has 2 aromatic heterocycles. The fourth-order valence-electron chi connectivity index (χ4n) is 7.73. The SMILES string of the molecule is CC[C@H]1C#CC[C@H]([C@H](O)CCc2ccc(O)c(OCC[C@H](c3ccnc(N)c3)C3(c4ccc[nH]4)CCCC3)c2)[C@@H](O)CCCC1. The first-order valence-corrected chi connectivity index (χ1v) is 17.0. The highest BCUT2D eigenvalue weighted by Crippen LogP contribution is 2.52. The number of benzene rings is 1. The third kappa shape index (κ3) is 8.23. The number of rotatable bonds is 12. The number of aliphatic hydroxyl groups is 2. The largest absolute Gasteiger partial charge is 0.504 e. The molecule has 5 rings (SSSR count). The standard InChI is InChI=1S/C38H51N3O4/c1-2-27-9-3-4-12-32(42)30(11-7-10-27)33(43)16-14-28-15-17-34(44)35(25-28)45-24-19-31(29-18-23-41-37(39)26-29)38(20-5-6-21-38)36-13-8-22-40-36/h8,13,15,17-18,22-23,25-27,30-33,40,42-44H,2-6,9,11-12,14,16,19-21,24H2,1H3,(H2,39,41)/t27-,30+,31-,32+,33-/m1/s1. The van der Waals surface area contributed by atoms with Gasteiger partial charge in [0, 0.05) is 41.8 Å². The molecule has 3 aromatic rings. The number of hydrogen-bond acceptors (Lipinski definition) is 6. The Labute approximate surface area is 268 Å². The van der Waals surface area contributed by atoms with Crippen LogP contribution in [0.15, 0.2) is 54.9 Å². The van der Waals surface area contributed by atoms with Crippen LogP contribution in [0.25, 0.3) is 0 Å². The van der Waals surface area contributed by atoms with Gasteiger partial charge in [-0.2, -0.15) is 0 Å². The van der Waals surface area contributed by atoms with E-state index < -0.39 is 12.2 Å². The highest BCUT2D eigenvalue weighted by Gasteiger charge is 2.44. The van der Waals surface area contributed by atoms with Crippen molar-refractivity contribution >= 4 is 5.82 Å². The van der Waals surface area contributed by atoms with Crippen molar-refractivity contribution in [2.75, 3.05) is 12.3 Å². The number of phenols is 1. The van der Waals surface area contributed by atoms with Crippen LogP contribution in [0.5, 0.6) is 11.5 Å². The first-order chi connectivity index (χ1) is 21.9. The average molecular weight is 614 g/mol. The van der Waals surface area contributed by atoms with Gasteiger partial charge in [0.25, 0.3) is 0 Å². The Morgan fingerprint density at radius 2 is 1.91 bits per heavy atom. The van der Waals surface area contributed by atoms with Crippen molar-refractivity contribution in [2.45, 2.75) is 114 Å². The first-order valence-electron chi connectivity index (χ1n) is 17.0. The topological polar surface area (TPSA) is 125 Å². The van der Waals surface area contributed by atoms with E-state index in [0.717, 1.165) is 56.1 Å². The van der Waals surface area contributed by atoms with Crippen LogP contribution >= 0.6 is 0 Å². The Kier molecular flexibility index (Phi) is 11.5. The van der Waals surface area contributed by atoms with Gasteiger partial charge >= 0.3 is 0 Å². The van der Waals surface area contributed by atoms with Crippen LogP contribution in [-0.2, 0) is 11.8 Å². The first kappa shape index (κ1) is 32.9. The summed E-state index contributed by atoms with van der Waals surface area (Å²) < 4.78 is 6.27. The molecular weight excluding hydrogens is 562 g/mol. The maximum Gasteiger partial charge on any atom is 0.161 e. The van der Waals surface area contributed by atoms with Gasteiger partial charge in [0.1, 0.15) is 5.82 Å². The number of nitrogens with one attached hydrogen (secondary N) is 1. The minimum atomic E-state index is -0.656. The highest BCUT2D eigenvalue weighted by atomic mass is 16.5. The van der Waals surface area contributed by atoms with Crippen molar-refractivity contribution in [3.8, 4) is 23.3 Å². The average Bonchev–Trinajstić information content (AvgIpc) is 3.76. The van der Waals surface area contributed by atoms with E-state index >= 15 is 0 Å². The Morgan fingerprint density at radius 3 is 2.67 bits per heavy atom. The number of aromatic amines is 1. The van der Waals surface area contributed by atoms with Gasteiger partial charge in [-0.05, 0) is 105 Å². The highest BCUT2D eigenvalue weighted by molar-refractivity contribution is 5.42. The molecule has 1 fully saturated rings. The molecule has 1 aromatic carbocycles. The second kappa shape index (κ2) is 15.7. The molecule has 2 aliphatic carbocycles. The van der Waals surface area contributed by atoms with E-state index in [0.29, 0.717) is 49.8 Å². The molecule has 0 aliphatic heterocycles. The Balaban J connectivity index is 1.25. The van der Waals surface area contributed by atoms with Crippen LogP contribution in [0.2, 0.25) is 0 Å². The molecule has 7 heteroatoms. The van der Waals surface area contributed by atoms with Crippen molar-refractivity contribution in [1.82, 2.24) is 9.97 Å². The maximum absolute atomic E-state index is 11.1. The number of aromatic nitrogens is 2. The molecule has 0 radical (unpaired) electrons. The summed E-state index contributed by atoms with van der Waals surface area (Å²) in [6.07, 6.45) is 14.3. The van der Waals surface area contributed by atoms with Gasteiger partial charge in [-0.3, -0.25) is 0 Å². The van der Waals surface area contributed by atoms with Crippen molar-refractivity contribution in [2.24, 2.45) is 11.8 Å². The number of aryl methyl sites for hydroxylation is 1. The predicted molar refractivity (Wildman–Crippen MR) is 179 cm³/mol. The summed E-state index contributed by atoms with van der Waals surface area (Å²) in [5, 5.41) is 32.7. The van der Waals surface area contributed by atoms with Crippen LogP contribution in [0.1, 0.15) is 107 Å². The van der Waals surface area contributed by atoms with Crippen LogP contribution in [0, 0.1) is 23.7 Å². The Bertz CT molecular complexity index is 1410. The monoisotopic (exact) mass is 613 g/mol. The van der Waals surface area contributed by atoms with E-state index in [1.165, 1.54) is 18.5 Å². The molecule has 45 heavy (non-hydrogen) atoms. The molecule has 2 heterocycles. The Hall–Kier alpha value is -3.47. The molecular formula is C38H51N3O4. The van der Waals surface area contributed by atoms with E-state index in [-0.39, 0.29) is 23.0 Å². The molecule has 0 saturated heterocycles. The van der Waals surface area contributed by atoms with E-state index in [4.69, 9.17) is 10.5 Å². The van der Waals surface area contributed by atoms with E-state index in [1.54, 1.807) is 12.3 Å². The summed E-state index contributed by atoms with van der Waals surface area (Å²) in [6, 6.07) is 13.8. The summed E-state index contributed by atoms with van der Waals surface area (Å²) in [7, 11) is 0. The number of nitrogens with two attached hydrogens (primary N) is 1. The van der Waals surface area contributed by atoms with Gasteiger partial charge in [-0.1, -0.05) is 44.6 Å². The number of ether oxygens (including phenoxy) is 1. The van der Waals surface area contributed by atoms with E-state index in [9.17, 15) is 15.3 Å². The van der Waals surface area contributed by atoms with E-state index in [1.807, 2.05) is 24.4 Å². The lowest BCUT2D eigenvalue weighted by molar-refractivity contribution is 0.00559. The van der Waals surface area contributed by atoms with Crippen molar-refractivity contribution in [3.05, 3.63) is 71.7 Å². The van der Waals surface area contributed by atoms with Crippen LogP contribution in [0.4, 0.5) is 5.82 Å². The molecule has 0 spiro atoms. The number of aliphatic hydroxyl groups excluding tert-OH is 2. The minimum Gasteiger partial charge on any atom is -0.504 e. The van der Waals surface area contributed by atoms with Crippen molar-refractivity contribution in [1.29, 1.82) is 0 Å². The third-order valence-electron chi connectivity index (χ3n) is 10.3. The lowest BCUT2D eigenvalue weighted by atomic mass is 9.67. The third-order valence-corrected chi connectivity index (χ3v) is 10.3. The zero-order chi connectivity index (χ0) is 31.6. The zero-order valence-electron chi connectivity index (χ0n) is 26.8. The van der Waals surface area contributed by atoms with E-state index in [2.05, 4.69) is 46.9 Å². The molecule has 0 amide bonds. The lowest BCUT2D eigenvalue weighted by Gasteiger charge is -2.38. The second-order valence-corrected chi connectivity index (χ2v) is 13.2. The van der Waals surface area contributed by atoms with Gasteiger partial charge in [0.05, 0.1) is 18.8 Å². The number of nitrogens with zero attached hydrogens (tertiary/aromatic N) is 1. The molecule has 0 bridgehead atoms. The number of nitrogen functional groups attached to an aromatic ring is 1. The molecule has 1 saturated carbocycles. The smallest absolute Gasteiger partial charge is 0.161 e. The van der Waals surface area contributed by atoms with Gasteiger partial charge in [0.15, 0.2) is 11.5 Å². The molecule has 5 atom stereocenters. The summed E-state index contributed by atoms with van der Waals surface area (Å²) in [6.45, 7) is 2.60. The van der Waals surface area contributed by atoms with Crippen LogP contribution in [0.3, 0.4) is 0 Å². The quantitative estimate of drug-likeness (QED) is 0.140. The fraction of sp³-hybridized carbons (Fsp3) is 0.553. The summed E-state index contributed by atoms with van der Waals surface area (Å²) in [4.78, 5) is 7.74. The molecule has 2 aliphatic rings. The minimum absolute atomic E-state index is 0.0394. The van der Waals surface area contributed by atoms with Crippen LogP contribution < -0.4 is 10.5 Å². The summed E-state index contributed by atoms with van der Waals surface area (Å²) in [5.41, 5.74) is 9.48. The summed E-state index contributed by atoms with van der Waals surface area (Å²) >= 11 is 0. The zero-order valence-corrected chi connectivity index (χ0v) is 26.8. The van der Waals surface area contributed by atoms with Gasteiger partial charge in [0.2, 0.25) is 0 Å². The number of hydrogen-bond donors (Lipinski definition) is 5. The number of pyridine rings is 1. The van der Waals surface area contributed by atoms with Gasteiger partial charge < -0.3 is 30.8 Å². The normalized spacial score (nSPS) is 23.0. The summed E-state index contributed by atoms with van der Waals surface area (Å²) in [5.74, 6) is 8.03. The molecule has 7 nitrogen and oxygen atoms in total. The fourth-order valence-corrected chi connectivity index (χ4v) is 7.73. The number of anilines is 1. The van der Waals surface area contributed by atoms with Crippen molar-refractivity contribution < 1.29 is 20.1 Å². The number of H-pyrrole nitrogens is 1.